The summed E-state index contributed by atoms with van der Waals surface area (Å²) in [5.74, 6) is 2.52. The van der Waals surface area contributed by atoms with Gasteiger partial charge >= 0.3 is 0 Å². The Morgan fingerprint density at radius 3 is 2.58 bits per heavy atom. The molecule has 0 aromatic rings. The molecule has 2 fully saturated rings. The lowest BCUT2D eigenvalue weighted by molar-refractivity contribution is -0.121. The van der Waals surface area contributed by atoms with E-state index >= 15 is 0 Å². The van der Waals surface area contributed by atoms with Crippen LogP contribution in [0.4, 0.5) is 0 Å². The van der Waals surface area contributed by atoms with E-state index in [0.29, 0.717) is 18.4 Å². The SMILES string of the molecule is CCNC(=NCC(C)N1CCCC(C)C1)N1CCC(CC(=O)NC)CC1. The first-order chi connectivity index (χ1) is 12.5. The van der Waals surface area contributed by atoms with Crippen molar-refractivity contribution in [3.8, 4) is 0 Å². The van der Waals surface area contributed by atoms with Crippen molar-refractivity contribution in [2.24, 2.45) is 16.8 Å². The monoisotopic (exact) mass is 365 g/mol. The van der Waals surface area contributed by atoms with Crippen LogP contribution < -0.4 is 10.6 Å². The van der Waals surface area contributed by atoms with Crippen LogP contribution in [-0.4, -0.2) is 74.0 Å². The van der Waals surface area contributed by atoms with Gasteiger partial charge in [0.05, 0.1) is 6.54 Å². The maximum absolute atomic E-state index is 11.6. The Labute approximate surface area is 159 Å². The van der Waals surface area contributed by atoms with E-state index in [1.54, 1.807) is 7.05 Å². The van der Waals surface area contributed by atoms with Gasteiger partial charge in [0.15, 0.2) is 5.96 Å². The molecule has 6 heteroatoms. The largest absolute Gasteiger partial charge is 0.359 e. The molecule has 2 atom stereocenters. The number of aliphatic imine (C=N–C) groups is 1. The van der Waals surface area contributed by atoms with Gasteiger partial charge in [0, 0.05) is 45.7 Å². The van der Waals surface area contributed by atoms with Gasteiger partial charge in [-0.25, -0.2) is 0 Å². The van der Waals surface area contributed by atoms with E-state index in [-0.39, 0.29) is 5.91 Å². The van der Waals surface area contributed by atoms with Crippen LogP contribution in [0.15, 0.2) is 4.99 Å². The second kappa shape index (κ2) is 10.8. The summed E-state index contributed by atoms with van der Waals surface area (Å²) in [7, 11) is 1.72. The maximum atomic E-state index is 11.6. The number of amides is 1. The number of carbonyl (C=O) groups is 1. The summed E-state index contributed by atoms with van der Waals surface area (Å²) >= 11 is 0. The molecule has 150 valence electrons. The predicted molar refractivity (Wildman–Crippen MR) is 108 cm³/mol. The third-order valence-electron chi connectivity index (χ3n) is 5.82. The molecule has 1 amide bonds. The molecule has 2 heterocycles. The number of nitrogens with zero attached hydrogens (tertiary/aromatic N) is 3. The van der Waals surface area contributed by atoms with Gasteiger partial charge in [-0.3, -0.25) is 14.7 Å². The molecule has 2 N–H and O–H groups in total. The summed E-state index contributed by atoms with van der Waals surface area (Å²) in [5, 5.41) is 6.20. The van der Waals surface area contributed by atoms with Crippen molar-refractivity contribution in [3.05, 3.63) is 0 Å². The van der Waals surface area contributed by atoms with Gasteiger partial charge in [0.2, 0.25) is 5.91 Å². The van der Waals surface area contributed by atoms with Crippen molar-refractivity contribution >= 4 is 11.9 Å². The summed E-state index contributed by atoms with van der Waals surface area (Å²) in [6.45, 7) is 12.9. The number of hydrogen-bond donors (Lipinski definition) is 2. The van der Waals surface area contributed by atoms with Crippen molar-refractivity contribution in [1.82, 2.24) is 20.4 Å². The smallest absolute Gasteiger partial charge is 0.220 e. The Balaban J connectivity index is 1.85. The zero-order valence-electron chi connectivity index (χ0n) is 17.3. The molecule has 0 aliphatic carbocycles. The zero-order valence-corrected chi connectivity index (χ0v) is 17.3. The summed E-state index contributed by atoms with van der Waals surface area (Å²) in [6, 6.07) is 0.497. The molecular weight excluding hydrogens is 326 g/mol. The molecule has 6 nitrogen and oxygen atoms in total. The van der Waals surface area contributed by atoms with Crippen molar-refractivity contribution in [2.45, 2.75) is 58.9 Å². The minimum atomic E-state index is 0.161. The van der Waals surface area contributed by atoms with Gasteiger partial charge in [0.1, 0.15) is 0 Å². The zero-order chi connectivity index (χ0) is 18.9. The Morgan fingerprint density at radius 1 is 1.23 bits per heavy atom. The van der Waals surface area contributed by atoms with E-state index in [2.05, 4.69) is 41.2 Å². The number of piperidine rings is 2. The Hall–Kier alpha value is -1.30. The van der Waals surface area contributed by atoms with Crippen LogP contribution in [0, 0.1) is 11.8 Å². The predicted octanol–water partition coefficient (Wildman–Crippen LogP) is 1.92. The average molecular weight is 366 g/mol. The molecule has 0 spiro atoms. The highest BCUT2D eigenvalue weighted by Gasteiger charge is 2.24. The maximum Gasteiger partial charge on any atom is 0.220 e. The second-order valence-electron chi connectivity index (χ2n) is 8.09. The number of rotatable bonds is 6. The van der Waals surface area contributed by atoms with Crippen LogP contribution >= 0.6 is 0 Å². The lowest BCUT2D eigenvalue weighted by Gasteiger charge is -2.36. The lowest BCUT2D eigenvalue weighted by atomic mass is 9.93. The van der Waals surface area contributed by atoms with Gasteiger partial charge < -0.3 is 15.5 Å². The van der Waals surface area contributed by atoms with Gasteiger partial charge in [-0.05, 0) is 57.9 Å². The topological polar surface area (TPSA) is 60.0 Å². The molecule has 0 saturated carbocycles. The van der Waals surface area contributed by atoms with Crippen LogP contribution in [0.5, 0.6) is 0 Å². The fraction of sp³-hybridized carbons (Fsp3) is 0.900. The fourth-order valence-electron chi connectivity index (χ4n) is 4.10. The summed E-state index contributed by atoms with van der Waals surface area (Å²) in [5.41, 5.74) is 0. The van der Waals surface area contributed by atoms with E-state index < -0.39 is 0 Å². The van der Waals surface area contributed by atoms with Gasteiger partial charge in [-0.15, -0.1) is 0 Å². The standard InChI is InChI=1S/C20H39N5O/c1-5-22-20(23-14-17(3)25-10-6-7-16(2)15-25)24-11-8-18(9-12-24)13-19(26)21-4/h16-18H,5-15H2,1-4H3,(H,21,26)(H,22,23). The number of carbonyl (C=O) groups excluding carboxylic acids is 1. The van der Waals surface area contributed by atoms with E-state index in [4.69, 9.17) is 4.99 Å². The van der Waals surface area contributed by atoms with E-state index in [0.717, 1.165) is 50.9 Å². The molecule has 2 unspecified atom stereocenters. The Kier molecular flexibility index (Phi) is 8.69. The minimum Gasteiger partial charge on any atom is -0.359 e. The number of likely N-dealkylation sites (tertiary alicyclic amines) is 2. The van der Waals surface area contributed by atoms with E-state index in [9.17, 15) is 4.79 Å². The third kappa shape index (κ3) is 6.45. The highest BCUT2D eigenvalue weighted by Crippen LogP contribution is 2.21. The van der Waals surface area contributed by atoms with Crippen LogP contribution in [0.1, 0.15) is 52.9 Å². The van der Waals surface area contributed by atoms with Gasteiger partial charge in [-0.2, -0.15) is 0 Å². The Morgan fingerprint density at radius 2 is 1.96 bits per heavy atom. The first-order valence-corrected chi connectivity index (χ1v) is 10.5. The van der Waals surface area contributed by atoms with Crippen LogP contribution in [0.3, 0.4) is 0 Å². The summed E-state index contributed by atoms with van der Waals surface area (Å²) in [4.78, 5) is 21.5. The molecule has 2 saturated heterocycles. The lowest BCUT2D eigenvalue weighted by Crippen LogP contribution is -2.47. The minimum absolute atomic E-state index is 0.161. The highest BCUT2D eigenvalue weighted by molar-refractivity contribution is 5.80. The van der Waals surface area contributed by atoms with Gasteiger partial charge in [0.25, 0.3) is 0 Å². The van der Waals surface area contributed by atoms with Crippen molar-refractivity contribution < 1.29 is 4.79 Å². The van der Waals surface area contributed by atoms with E-state index in [1.165, 1.54) is 25.9 Å². The molecule has 0 aromatic carbocycles. The van der Waals surface area contributed by atoms with Crippen molar-refractivity contribution in [1.29, 1.82) is 0 Å². The molecule has 26 heavy (non-hydrogen) atoms. The first kappa shape index (κ1) is 21.0. The van der Waals surface area contributed by atoms with Crippen LogP contribution in [-0.2, 0) is 4.79 Å². The second-order valence-corrected chi connectivity index (χ2v) is 8.09. The van der Waals surface area contributed by atoms with Crippen LogP contribution in [0.2, 0.25) is 0 Å². The number of hydrogen-bond acceptors (Lipinski definition) is 3. The molecule has 0 bridgehead atoms. The highest BCUT2D eigenvalue weighted by atomic mass is 16.1. The molecular formula is C20H39N5O. The Bertz CT molecular complexity index is 459. The fourth-order valence-corrected chi connectivity index (χ4v) is 4.10. The van der Waals surface area contributed by atoms with E-state index in [1.807, 2.05) is 0 Å². The number of guanidine groups is 1. The summed E-state index contributed by atoms with van der Waals surface area (Å²) < 4.78 is 0. The normalized spacial score (nSPS) is 24.4. The molecule has 0 radical (unpaired) electrons. The molecule has 2 aliphatic rings. The first-order valence-electron chi connectivity index (χ1n) is 10.5. The molecule has 2 rings (SSSR count). The molecule has 2 aliphatic heterocycles. The number of nitrogens with one attached hydrogen (secondary N) is 2. The van der Waals surface area contributed by atoms with Gasteiger partial charge in [-0.1, -0.05) is 6.92 Å². The summed E-state index contributed by atoms with van der Waals surface area (Å²) in [6.07, 6.45) is 5.46. The van der Waals surface area contributed by atoms with Crippen molar-refractivity contribution in [3.63, 3.8) is 0 Å². The quantitative estimate of drug-likeness (QED) is 0.558. The average Bonchev–Trinajstić information content (AvgIpc) is 2.65. The molecule has 0 aromatic heterocycles. The third-order valence-corrected chi connectivity index (χ3v) is 5.82. The van der Waals surface area contributed by atoms with Crippen LogP contribution in [0.25, 0.3) is 0 Å². The van der Waals surface area contributed by atoms with Crippen molar-refractivity contribution in [2.75, 3.05) is 46.3 Å².